The molecule has 0 bridgehead atoms. The van der Waals surface area contributed by atoms with Gasteiger partial charge >= 0.3 is 0 Å². The van der Waals surface area contributed by atoms with Crippen molar-refractivity contribution in [2.45, 2.75) is 5.60 Å². The SMILES string of the molecule is COc1ccc(C2(c3ccc(OC)cc3)C=Cc3c(ccc4cc(O)ccc34)O2)cc1. The Labute approximate surface area is 180 Å². The van der Waals surface area contributed by atoms with Crippen LogP contribution in [-0.4, -0.2) is 19.3 Å². The molecule has 4 aromatic rings. The Morgan fingerprint density at radius 1 is 0.742 bits per heavy atom. The number of hydrogen-bond donors (Lipinski definition) is 1. The quantitative estimate of drug-likeness (QED) is 0.454. The van der Waals surface area contributed by atoms with Gasteiger partial charge in [0.15, 0.2) is 5.60 Å². The van der Waals surface area contributed by atoms with Crippen LogP contribution in [-0.2, 0) is 5.60 Å². The maximum Gasteiger partial charge on any atom is 0.178 e. The van der Waals surface area contributed by atoms with E-state index in [1.807, 2.05) is 66.7 Å². The van der Waals surface area contributed by atoms with Crippen LogP contribution in [0.3, 0.4) is 0 Å². The lowest BCUT2D eigenvalue weighted by Crippen LogP contribution is -2.34. The lowest BCUT2D eigenvalue weighted by molar-refractivity contribution is 0.161. The number of hydrogen-bond acceptors (Lipinski definition) is 4. The molecule has 0 spiro atoms. The van der Waals surface area contributed by atoms with Gasteiger partial charge in [0.1, 0.15) is 23.0 Å². The van der Waals surface area contributed by atoms with Crippen molar-refractivity contribution in [3.8, 4) is 23.0 Å². The van der Waals surface area contributed by atoms with Crippen molar-refractivity contribution in [3.63, 3.8) is 0 Å². The summed E-state index contributed by atoms with van der Waals surface area (Å²) >= 11 is 0. The van der Waals surface area contributed by atoms with Crippen molar-refractivity contribution in [1.29, 1.82) is 0 Å². The van der Waals surface area contributed by atoms with Crippen LogP contribution >= 0.6 is 0 Å². The molecule has 1 heterocycles. The number of phenols is 1. The Bertz CT molecular complexity index is 1220. The van der Waals surface area contributed by atoms with Gasteiger partial charge in [0, 0.05) is 16.7 Å². The zero-order chi connectivity index (χ0) is 21.4. The Kier molecular flexibility index (Phi) is 4.55. The summed E-state index contributed by atoms with van der Waals surface area (Å²) in [5.74, 6) is 2.62. The topological polar surface area (TPSA) is 47.9 Å². The van der Waals surface area contributed by atoms with Crippen LogP contribution < -0.4 is 14.2 Å². The molecule has 0 aromatic heterocycles. The summed E-state index contributed by atoms with van der Waals surface area (Å²) in [5, 5.41) is 11.8. The normalized spacial score (nSPS) is 14.0. The van der Waals surface area contributed by atoms with Crippen LogP contribution in [0, 0.1) is 0 Å². The Morgan fingerprint density at radius 3 is 1.94 bits per heavy atom. The molecule has 31 heavy (non-hydrogen) atoms. The third kappa shape index (κ3) is 3.17. The van der Waals surface area contributed by atoms with E-state index < -0.39 is 5.60 Å². The van der Waals surface area contributed by atoms with Gasteiger partial charge in [-0.2, -0.15) is 0 Å². The lowest BCUT2D eigenvalue weighted by Gasteiger charge is -2.36. The molecule has 0 atom stereocenters. The first-order chi connectivity index (χ1) is 15.1. The van der Waals surface area contributed by atoms with E-state index in [4.69, 9.17) is 14.2 Å². The maximum absolute atomic E-state index is 9.83. The molecule has 4 heteroatoms. The summed E-state index contributed by atoms with van der Waals surface area (Å²) in [7, 11) is 3.31. The molecule has 0 amide bonds. The van der Waals surface area contributed by atoms with Gasteiger partial charge in [-0.1, -0.05) is 30.3 Å². The Morgan fingerprint density at radius 2 is 1.35 bits per heavy atom. The number of fused-ring (bicyclic) bond motifs is 3. The van der Waals surface area contributed by atoms with Gasteiger partial charge in [0.25, 0.3) is 0 Å². The third-order valence-electron chi connectivity index (χ3n) is 5.80. The first-order valence-electron chi connectivity index (χ1n) is 10.1. The number of ether oxygens (including phenoxy) is 3. The average molecular weight is 410 g/mol. The van der Waals surface area contributed by atoms with Crippen LogP contribution in [0.2, 0.25) is 0 Å². The van der Waals surface area contributed by atoms with Gasteiger partial charge in [-0.05, 0) is 71.5 Å². The molecule has 1 aliphatic heterocycles. The molecule has 4 nitrogen and oxygen atoms in total. The monoisotopic (exact) mass is 410 g/mol. The van der Waals surface area contributed by atoms with Crippen molar-refractivity contribution in [2.24, 2.45) is 0 Å². The molecule has 0 radical (unpaired) electrons. The first kappa shape index (κ1) is 19.1. The Hall–Kier alpha value is -3.92. The van der Waals surface area contributed by atoms with E-state index >= 15 is 0 Å². The van der Waals surface area contributed by atoms with Gasteiger partial charge in [-0.25, -0.2) is 0 Å². The summed E-state index contributed by atoms with van der Waals surface area (Å²) in [5.41, 5.74) is 2.18. The number of benzene rings is 4. The van der Waals surface area contributed by atoms with Crippen molar-refractivity contribution >= 4 is 16.8 Å². The molecular weight excluding hydrogens is 388 g/mol. The second-order valence-electron chi connectivity index (χ2n) is 7.51. The van der Waals surface area contributed by atoms with Crippen molar-refractivity contribution in [3.05, 3.63) is 102 Å². The van der Waals surface area contributed by atoms with Crippen LogP contribution in [0.1, 0.15) is 16.7 Å². The van der Waals surface area contributed by atoms with Gasteiger partial charge < -0.3 is 19.3 Å². The molecule has 1 aliphatic rings. The molecule has 5 rings (SSSR count). The predicted octanol–water partition coefficient (Wildman–Crippen LogP) is 5.91. The van der Waals surface area contributed by atoms with Gasteiger partial charge in [0.05, 0.1) is 14.2 Å². The van der Waals surface area contributed by atoms with Crippen LogP contribution in [0.15, 0.2) is 84.9 Å². The fourth-order valence-electron chi connectivity index (χ4n) is 4.14. The molecular formula is C27H22O4. The summed E-state index contributed by atoms with van der Waals surface area (Å²) in [4.78, 5) is 0. The standard InChI is InChI=1S/C27H22O4/c1-29-22-9-4-19(5-10-22)27(20-6-11-23(30-2)12-7-20)16-15-25-24-13-8-21(28)17-18(24)3-14-26(25)31-27/h3-17,28H,1-2H3. The fourth-order valence-corrected chi connectivity index (χ4v) is 4.14. The maximum atomic E-state index is 9.83. The van der Waals surface area contributed by atoms with E-state index in [-0.39, 0.29) is 5.75 Å². The highest BCUT2D eigenvalue weighted by atomic mass is 16.5. The molecule has 0 fully saturated rings. The summed E-state index contributed by atoms with van der Waals surface area (Å²) in [6.45, 7) is 0. The summed E-state index contributed by atoms with van der Waals surface area (Å²) < 4.78 is 17.4. The summed E-state index contributed by atoms with van der Waals surface area (Å²) in [6, 6.07) is 25.2. The summed E-state index contributed by atoms with van der Waals surface area (Å²) in [6.07, 6.45) is 4.19. The van der Waals surface area contributed by atoms with E-state index in [1.54, 1.807) is 26.4 Å². The minimum absolute atomic E-state index is 0.249. The largest absolute Gasteiger partial charge is 0.508 e. The third-order valence-corrected chi connectivity index (χ3v) is 5.80. The van der Waals surface area contributed by atoms with E-state index in [2.05, 4.69) is 12.2 Å². The minimum atomic E-state index is -0.795. The number of aromatic hydroxyl groups is 1. The van der Waals surface area contributed by atoms with Crippen LogP contribution in [0.5, 0.6) is 23.0 Å². The minimum Gasteiger partial charge on any atom is -0.508 e. The smallest absolute Gasteiger partial charge is 0.178 e. The predicted molar refractivity (Wildman–Crippen MR) is 122 cm³/mol. The number of phenolic OH excluding ortho intramolecular Hbond substituents is 1. The highest BCUT2D eigenvalue weighted by Crippen LogP contribution is 2.45. The lowest BCUT2D eigenvalue weighted by atomic mass is 9.83. The molecule has 4 aromatic carbocycles. The van der Waals surface area contributed by atoms with Crippen molar-refractivity contribution in [2.75, 3.05) is 14.2 Å². The zero-order valence-electron chi connectivity index (χ0n) is 17.3. The second kappa shape index (κ2) is 7.40. The first-order valence-corrected chi connectivity index (χ1v) is 10.1. The zero-order valence-corrected chi connectivity index (χ0v) is 17.3. The average Bonchev–Trinajstić information content (AvgIpc) is 2.83. The van der Waals surface area contributed by atoms with E-state index in [0.717, 1.165) is 44.7 Å². The van der Waals surface area contributed by atoms with Crippen molar-refractivity contribution in [1.82, 2.24) is 0 Å². The second-order valence-corrected chi connectivity index (χ2v) is 7.51. The number of methoxy groups -OCH3 is 2. The van der Waals surface area contributed by atoms with Gasteiger partial charge in [-0.15, -0.1) is 0 Å². The molecule has 0 saturated carbocycles. The van der Waals surface area contributed by atoms with Crippen LogP contribution in [0.4, 0.5) is 0 Å². The van der Waals surface area contributed by atoms with E-state index in [9.17, 15) is 5.11 Å². The van der Waals surface area contributed by atoms with Crippen molar-refractivity contribution < 1.29 is 19.3 Å². The van der Waals surface area contributed by atoms with E-state index in [1.165, 1.54) is 0 Å². The van der Waals surface area contributed by atoms with Crippen LogP contribution in [0.25, 0.3) is 16.8 Å². The molecule has 0 aliphatic carbocycles. The van der Waals surface area contributed by atoms with E-state index in [0.29, 0.717) is 0 Å². The van der Waals surface area contributed by atoms with Gasteiger partial charge in [-0.3, -0.25) is 0 Å². The number of rotatable bonds is 4. The van der Waals surface area contributed by atoms with Gasteiger partial charge in [0.2, 0.25) is 0 Å². The highest BCUT2D eigenvalue weighted by Gasteiger charge is 2.37. The molecule has 154 valence electrons. The molecule has 0 unspecified atom stereocenters. The highest BCUT2D eigenvalue weighted by molar-refractivity contribution is 5.94. The Balaban J connectivity index is 1.69. The molecule has 1 N–H and O–H groups in total. The fraction of sp³-hybridized carbons (Fsp3) is 0.111. The molecule has 0 saturated heterocycles.